The monoisotopic (exact) mass is 547 g/mol. The highest BCUT2D eigenvalue weighted by Gasteiger charge is 2.27. The number of hydrogen-bond donors (Lipinski definition) is 3. The van der Waals surface area contributed by atoms with Crippen LogP contribution in [0.3, 0.4) is 0 Å². The van der Waals surface area contributed by atoms with Gasteiger partial charge in [0, 0.05) is 29.8 Å². The zero-order valence-corrected chi connectivity index (χ0v) is 20.4. The summed E-state index contributed by atoms with van der Waals surface area (Å²) in [6.07, 6.45) is -2.21. The number of anilines is 1. The zero-order chi connectivity index (χ0) is 27.9. The lowest BCUT2D eigenvalue weighted by atomic mass is 10.0. The predicted octanol–water partition coefficient (Wildman–Crippen LogP) is 5.74. The molecule has 204 valence electrons. The van der Waals surface area contributed by atoms with Crippen LogP contribution in [0.2, 0.25) is 0 Å². The number of imidazole rings is 1. The minimum absolute atomic E-state index is 0.104. The number of phenolic OH excluding ortho intramolecular Hbond substituents is 1. The number of alkyl halides is 3. The Bertz CT molecular complexity index is 1570. The molecule has 39 heavy (non-hydrogen) atoms. The molecule has 1 amide bonds. The highest BCUT2D eigenvalue weighted by molar-refractivity contribution is 5.96. The molecule has 0 spiro atoms. The van der Waals surface area contributed by atoms with Gasteiger partial charge in [-0.1, -0.05) is 6.07 Å². The fourth-order valence-corrected chi connectivity index (χ4v) is 3.94. The molecule has 1 aliphatic rings. The average Bonchev–Trinajstić information content (AvgIpc) is 3.58. The van der Waals surface area contributed by atoms with E-state index in [1.807, 2.05) is 0 Å². The number of phenols is 1. The number of halogens is 5. The van der Waals surface area contributed by atoms with Crippen molar-refractivity contribution in [1.82, 2.24) is 19.9 Å². The third kappa shape index (κ3) is 5.71. The lowest BCUT2D eigenvalue weighted by Gasteiger charge is -2.13. The molecule has 13 heteroatoms. The summed E-state index contributed by atoms with van der Waals surface area (Å²) in [5.41, 5.74) is 2.44. The number of aromatic nitrogens is 3. The molecule has 0 atom stereocenters. The summed E-state index contributed by atoms with van der Waals surface area (Å²) in [4.78, 5) is 16.8. The fraction of sp³-hybridized carbons (Fsp3) is 0.269. The van der Waals surface area contributed by atoms with Crippen LogP contribution in [0.5, 0.6) is 17.4 Å². The van der Waals surface area contributed by atoms with Gasteiger partial charge in [-0.3, -0.25) is 4.79 Å². The van der Waals surface area contributed by atoms with Gasteiger partial charge in [0.25, 0.3) is 5.91 Å². The van der Waals surface area contributed by atoms with Crippen molar-refractivity contribution in [2.75, 3.05) is 11.9 Å². The topological polar surface area (TPSA) is 101 Å². The van der Waals surface area contributed by atoms with Gasteiger partial charge in [-0.05, 0) is 49.6 Å². The summed E-state index contributed by atoms with van der Waals surface area (Å²) < 4.78 is 73.2. The smallest absolute Gasteiger partial charge is 0.390 e. The quantitative estimate of drug-likeness (QED) is 0.244. The Balaban J connectivity index is 1.53. The molecule has 1 aliphatic carbocycles. The molecule has 0 bridgehead atoms. The molecule has 8 nitrogen and oxygen atoms in total. The molecule has 5 rings (SSSR count). The fourth-order valence-electron chi connectivity index (χ4n) is 3.94. The van der Waals surface area contributed by atoms with E-state index >= 15 is 0 Å². The van der Waals surface area contributed by atoms with Gasteiger partial charge in [0.15, 0.2) is 17.1 Å². The second-order valence-corrected chi connectivity index (χ2v) is 9.16. The zero-order valence-electron chi connectivity index (χ0n) is 20.4. The van der Waals surface area contributed by atoms with Gasteiger partial charge in [-0.25, -0.2) is 9.50 Å². The van der Waals surface area contributed by atoms with Crippen LogP contribution in [0.15, 0.2) is 42.6 Å². The maximum absolute atomic E-state index is 14.3. The Hall–Kier alpha value is -4.42. The molecule has 4 aromatic rings. The van der Waals surface area contributed by atoms with E-state index in [-0.39, 0.29) is 29.2 Å². The Morgan fingerprint density at radius 3 is 2.62 bits per heavy atom. The van der Waals surface area contributed by atoms with E-state index in [4.69, 9.17) is 4.74 Å². The van der Waals surface area contributed by atoms with Crippen molar-refractivity contribution in [2.45, 2.75) is 38.4 Å². The maximum atomic E-state index is 14.3. The van der Waals surface area contributed by atoms with E-state index in [2.05, 4.69) is 20.7 Å². The minimum Gasteiger partial charge on any atom is -0.505 e. The summed E-state index contributed by atoms with van der Waals surface area (Å²) in [7, 11) is 0. The van der Waals surface area contributed by atoms with E-state index in [0.29, 0.717) is 22.4 Å². The highest BCUT2D eigenvalue weighted by atomic mass is 19.4. The van der Waals surface area contributed by atoms with Crippen LogP contribution in [0.4, 0.5) is 27.6 Å². The van der Waals surface area contributed by atoms with Crippen LogP contribution < -0.4 is 15.4 Å². The van der Waals surface area contributed by atoms with E-state index in [9.17, 15) is 31.9 Å². The van der Waals surface area contributed by atoms with Crippen LogP contribution >= 0.6 is 0 Å². The number of nitrogens with zero attached hydrogens (tertiary/aromatic N) is 3. The number of carbonyl (C=O) groups is 1. The lowest BCUT2D eigenvalue weighted by molar-refractivity contribution is -0.131. The van der Waals surface area contributed by atoms with Gasteiger partial charge >= 0.3 is 6.18 Å². The number of carbonyl (C=O) groups excluding carboxylic acids is 1. The lowest BCUT2D eigenvalue weighted by Crippen LogP contribution is -2.26. The molecule has 0 aliphatic heterocycles. The molecule has 1 fully saturated rings. The Kier molecular flexibility index (Phi) is 6.74. The SMILES string of the molecule is Cc1cc(-c2cnc3c(NCCC(F)(F)F)cc(Oc4ccc(O)c(F)c4F)nn23)ccc1C(=O)NC1CC1. The minimum atomic E-state index is -4.41. The van der Waals surface area contributed by atoms with Crippen molar-refractivity contribution in [3.63, 3.8) is 0 Å². The van der Waals surface area contributed by atoms with Gasteiger partial charge in [-0.2, -0.15) is 22.0 Å². The first kappa shape index (κ1) is 26.2. The van der Waals surface area contributed by atoms with Gasteiger partial charge in [-0.15, -0.1) is 5.10 Å². The summed E-state index contributed by atoms with van der Waals surface area (Å²) in [6, 6.07) is 8.35. The molecule has 3 N–H and O–H groups in total. The number of fused-ring (bicyclic) bond motifs is 1. The van der Waals surface area contributed by atoms with E-state index in [1.54, 1.807) is 25.1 Å². The van der Waals surface area contributed by atoms with E-state index in [1.165, 1.54) is 16.8 Å². The maximum Gasteiger partial charge on any atom is 0.390 e. The molecule has 0 unspecified atom stereocenters. The average molecular weight is 547 g/mol. The van der Waals surface area contributed by atoms with Crippen molar-refractivity contribution in [1.29, 1.82) is 0 Å². The molecule has 2 aromatic heterocycles. The molecule has 1 saturated carbocycles. The number of nitrogens with one attached hydrogen (secondary N) is 2. The third-order valence-electron chi connectivity index (χ3n) is 6.09. The van der Waals surface area contributed by atoms with Crippen LogP contribution in [-0.2, 0) is 0 Å². The van der Waals surface area contributed by atoms with Gasteiger partial charge in [0.05, 0.1) is 24.0 Å². The third-order valence-corrected chi connectivity index (χ3v) is 6.09. The summed E-state index contributed by atoms with van der Waals surface area (Å²) in [6.45, 7) is 1.28. The number of amides is 1. The number of hydrogen-bond acceptors (Lipinski definition) is 6. The van der Waals surface area contributed by atoms with Crippen molar-refractivity contribution in [3.05, 3.63) is 65.4 Å². The van der Waals surface area contributed by atoms with Gasteiger partial charge < -0.3 is 20.5 Å². The number of benzene rings is 2. The largest absolute Gasteiger partial charge is 0.505 e. The molecule has 0 saturated heterocycles. The van der Waals surface area contributed by atoms with E-state index < -0.39 is 42.3 Å². The van der Waals surface area contributed by atoms with Crippen molar-refractivity contribution in [2.24, 2.45) is 0 Å². The highest BCUT2D eigenvalue weighted by Crippen LogP contribution is 2.33. The van der Waals surface area contributed by atoms with E-state index in [0.717, 1.165) is 25.0 Å². The van der Waals surface area contributed by atoms with Gasteiger partial charge in [0.1, 0.15) is 0 Å². The predicted molar refractivity (Wildman–Crippen MR) is 131 cm³/mol. The number of ether oxygens (including phenoxy) is 1. The molecule has 2 aromatic carbocycles. The summed E-state index contributed by atoms with van der Waals surface area (Å²) >= 11 is 0. The van der Waals surface area contributed by atoms with Crippen LogP contribution in [0.25, 0.3) is 16.9 Å². The van der Waals surface area contributed by atoms with Gasteiger partial charge in [0.2, 0.25) is 17.5 Å². The molecular formula is C26H22F5N5O3. The van der Waals surface area contributed by atoms with Crippen molar-refractivity contribution in [3.8, 4) is 28.6 Å². The van der Waals surface area contributed by atoms with Crippen LogP contribution in [0.1, 0.15) is 35.2 Å². The van der Waals surface area contributed by atoms with Crippen LogP contribution in [-0.4, -0.2) is 44.4 Å². The summed E-state index contributed by atoms with van der Waals surface area (Å²) in [5.74, 6) is -4.97. The first-order chi connectivity index (χ1) is 18.5. The number of aromatic hydroxyl groups is 1. The molecular weight excluding hydrogens is 525 g/mol. The first-order valence-corrected chi connectivity index (χ1v) is 12.0. The number of rotatable bonds is 8. The summed E-state index contributed by atoms with van der Waals surface area (Å²) in [5, 5.41) is 19.2. The second-order valence-electron chi connectivity index (χ2n) is 9.16. The second kappa shape index (κ2) is 10.0. The Morgan fingerprint density at radius 2 is 1.92 bits per heavy atom. The Morgan fingerprint density at radius 1 is 1.15 bits per heavy atom. The Labute approximate surface area is 218 Å². The number of aryl methyl sites for hydroxylation is 1. The normalized spacial score (nSPS) is 13.5. The van der Waals surface area contributed by atoms with Crippen molar-refractivity contribution < 1.29 is 36.6 Å². The van der Waals surface area contributed by atoms with Crippen molar-refractivity contribution >= 4 is 17.2 Å². The molecule has 2 heterocycles. The van der Waals surface area contributed by atoms with Crippen LogP contribution in [0, 0.1) is 18.6 Å². The molecule has 0 radical (unpaired) electrons. The first-order valence-electron chi connectivity index (χ1n) is 12.0. The standard InChI is InChI=1S/C26H22F5N5O3/c1-13-10-14(2-5-16(13)25(38)34-15-3-4-15)18-12-33-24-17(32-9-8-26(29,30)31)11-21(35-36(18)24)39-20-7-6-19(37)22(27)23(20)28/h2,5-7,10-12,15,32,37H,3-4,8-9H2,1H3,(H,34,38).